The fraction of sp³-hybridized carbons (Fsp3) is 0.886. The number of carboxylic acids is 1. The molecule has 11 nitrogen and oxygen atoms in total. The first-order valence-electron chi connectivity index (χ1n) is 18.2. The van der Waals surface area contributed by atoms with Crippen LogP contribution in [0.1, 0.15) is 77.6 Å². The minimum absolute atomic E-state index is 0.0349. The Bertz CT molecular complexity index is 1180. The zero-order valence-corrected chi connectivity index (χ0v) is 28.1. The maximum absolute atomic E-state index is 13.2. The Hall–Kier alpha value is -1.60. The van der Waals surface area contributed by atoms with E-state index in [-0.39, 0.29) is 54.7 Å². The van der Waals surface area contributed by atoms with Crippen LogP contribution >= 0.6 is 0 Å². The number of aliphatic carboxylic acids is 1. The zero-order chi connectivity index (χ0) is 32.7. The van der Waals surface area contributed by atoms with Crippen LogP contribution in [0.5, 0.6) is 0 Å². The number of carbonyl (C=O) groups excluding carboxylic acids is 1. The Kier molecular flexibility index (Phi) is 10.2. The molecule has 260 valence electrons. The summed E-state index contributed by atoms with van der Waals surface area (Å²) in [7, 11) is 1.73. The minimum atomic E-state index is -1.63. The molecule has 0 aromatic carbocycles. The predicted octanol–water partition coefficient (Wildman–Crippen LogP) is -1.04. The van der Waals surface area contributed by atoms with Crippen molar-refractivity contribution >= 4 is 11.9 Å². The van der Waals surface area contributed by atoms with E-state index in [1.54, 1.807) is 7.05 Å². The van der Waals surface area contributed by atoms with E-state index in [9.17, 15) is 25.2 Å². The molecule has 46 heavy (non-hydrogen) atoms. The van der Waals surface area contributed by atoms with Crippen LogP contribution in [0.4, 0.5) is 0 Å². The highest BCUT2D eigenvalue weighted by Crippen LogP contribution is 2.76. The van der Waals surface area contributed by atoms with Crippen molar-refractivity contribution in [3.8, 4) is 0 Å². The van der Waals surface area contributed by atoms with E-state index in [0.717, 1.165) is 94.4 Å². The van der Waals surface area contributed by atoms with Gasteiger partial charge in [-0.2, -0.15) is 0 Å². The smallest absolute Gasteiger partial charge is 0.293 e. The lowest BCUT2D eigenvalue weighted by Gasteiger charge is -2.60. The lowest BCUT2D eigenvalue weighted by Crippen LogP contribution is -3.19. The number of nitrogens with two attached hydrogens (primary N) is 1. The lowest BCUT2D eigenvalue weighted by atomic mass is 9.45. The third-order valence-corrected chi connectivity index (χ3v) is 13.8. The molecule has 11 unspecified atom stereocenters. The number of piperidine rings is 2. The van der Waals surface area contributed by atoms with Crippen molar-refractivity contribution in [2.24, 2.45) is 51.1 Å². The molecule has 5 fully saturated rings. The molecule has 11 atom stereocenters. The van der Waals surface area contributed by atoms with Gasteiger partial charge in [0.05, 0.1) is 38.4 Å². The standard InChI is InChI=1S/C35H59N5O6/c1-22-7-9-24-17-27-29(31(43)44)33(45,21-46-28-10-8-23(5-4-15-41)30-26(28)6-3-12-39-30)19-34(22,27)35(24)20-40(32(36)37-2)14-11-25(35)18-38-13-16-42/h22-26,28,30,38-39,41-42,45H,3-21H2,1-2H3,(H2,36,37)(H,43,44). The fourth-order valence-electron chi connectivity index (χ4n) is 12.1. The summed E-state index contributed by atoms with van der Waals surface area (Å²) in [5.41, 5.74) is 5.07. The summed E-state index contributed by atoms with van der Waals surface area (Å²) < 4.78 is 6.72. The van der Waals surface area contributed by atoms with E-state index >= 15 is 0 Å². The molecule has 6 rings (SSSR count). The quantitative estimate of drug-likeness (QED) is 0.0840. The first-order chi connectivity index (χ1) is 22.2. The second-order valence-corrected chi connectivity index (χ2v) is 15.6. The van der Waals surface area contributed by atoms with Crippen LogP contribution in [-0.4, -0.2) is 105 Å². The highest BCUT2D eigenvalue weighted by molar-refractivity contribution is 5.90. The zero-order valence-electron chi connectivity index (χ0n) is 28.1. The number of likely N-dealkylation sites (tertiary alicyclic amines) is 1. The molecule has 2 bridgehead atoms. The van der Waals surface area contributed by atoms with Crippen LogP contribution in [0.2, 0.25) is 0 Å². The topological polar surface area (TPSA) is 177 Å². The van der Waals surface area contributed by atoms with Gasteiger partial charge < -0.3 is 46.3 Å². The maximum Gasteiger partial charge on any atom is 0.293 e. The Morgan fingerprint density at radius 1 is 1.20 bits per heavy atom. The van der Waals surface area contributed by atoms with Gasteiger partial charge in [0.25, 0.3) is 5.96 Å². The van der Waals surface area contributed by atoms with E-state index in [0.29, 0.717) is 43.2 Å². The number of allylic oxidation sites excluding steroid dienone is 1. The molecule has 2 heterocycles. The molecular formula is C35H59N5O6. The van der Waals surface area contributed by atoms with Crippen LogP contribution in [0.3, 0.4) is 0 Å². The van der Waals surface area contributed by atoms with E-state index < -0.39 is 17.0 Å². The van der Waals surface area contributed by atoms with Gasteiger partial charge in [0.1, 0.15) is 5.60 Å². The average molecular weight is 646 g/mol. The van der Waals surface area contributed by atoms with E-state index in [1.165, 1.54) is 0 Å². The van der Waals surface area contributed by atoms with E-state index in [4.69, 9.17) is 10.5 Å². The molecule has 2 saturated heterocycles. The molecule has 11 heteroatoms. The molecule has 2 spiro atoms. The van der Waals surface area contributed by atoms with Gasteiger partial charge in [0, 0.05) is 55.0 Å². The Balaban J connectivity index is 1.33. The number of hydrogen-bond donors (Lipinski definition) is 7. The van der Waals surface area contributed by atoms with Crippen molar-refractivity contribution in [3.05, 3.63) is 11.1 Å². The molecule has 0 amide bonds. The fourth-order valence-corrected chi connectivity index (χ4v) is 12.1. The molecular weight excluding hydrogens is 586 g/mol. The number of hydrogen-bond acceptors (Lipinski definition) is 9. The van der Waals surface area contributed by atoms with Crippen molar-refractivity contribution in [1.29, 1.82) is 0 Å². The number of aliphatic hydroxyl groups is 3. The predicted molar refractivity (Wildman–Crippen MR) is 173 cm³/mol. The number of fused-ring (bicyclic) bond motifs is 1. The maximum atomic E-state index is 13.2. The van der Waals surface area contributed by atoms with Crippen molar-refractivity contribution in [2.45, 2.75) is 95.3 Å². The molecule has 6 aliphatic rings. The Labute approximate surface area is 274 Å². The minimum Gasteiger partial charge on any atom is -0.545 e. The number of nitrogens with one attached hydrogen (secondary N) is 3. The summed E-state index contributed by atoms with van der Waals surface area (Å²) in [6.45, 7) is 6.34. The molecule has 8 N–H and O–H groups in total. The van der Waals surface area contributed by atoms with Gasteiger partial charge in [-0.3, -0.25) is 4.90 Å². The second-order valence-electron chi connectivity index (χ2n) is 15.6. The van der Waals surface area contributed by atoms with E-state index in [1.807, 2.05) is 0 Å². The largest absolute Gasteiger partial charge is 0.545 e. The van der Waals surface area contributed by atoms with Crippen molar-refractivity contribution < 1.29 is 34.9 Å². The Morgan fingerprint density at radius 2 is 2.02 bits per heavy atom. The highest BCUT2D eigenvalue weighted by Gasteiger charge is 2.75. The van der Waals surface area contributed by atoms with Crippen LogP contribution < -0.4 is 26.4 Å². The molecule has 3 saturated carbocycles. The molecule has 0 radical (unpaired) electrons. The summed E-state index contributed by atoms with van der Waals surface area (Å²) in [6.07, 6.45) is 9.67. The van der Waals surface area contributed by atoms with Crippen molar-refractivity contribution in [1.82, 2.24) is 10.6 Å². The van der Waals surface area contributed by atoms with Gasteiger partial charge in [0.2, 0.25) is 0 Å². The van der Waals surface area contributed by atoms with Gasteiger partial charge >= 0.3 is 0 Å². The third-order valence-electron chi connectivity index (χ3n) is 13.8. The number of carbonyl (C=O) groups is 1. The van der Waals surface area contributed by atoms with Crippen LogP contribution in [-0.2, 0) is 9.53 Å². The number of aliphatic hydroxyl groups excluding tert-OH is 2. The normalized spacial score (nSPS) is 44.0. The first kappa shape index (κ1) is 34.3. The lowest BCUT2D eigenvalue weighted by molar-refractivity contribution is -0.828. The van der Waals surface area contributed by atoms with Crippen LogP contribution in [0.15, 0.2) is 16.1 Å². The number of carboxylic acid groups (broad SMARTS) is 1. The first-order valence-corrected chi connectivity index (χ1v) is 18.2. The van der Waals surface area contributed by atoms with Gasteiger partial charge in [-0.15, -0.1) is 0 Å². The summed E-state index contributed by atoms with van der Waals surface area (Å²) in [5.74, 6) is 0.835. The SMILES string of the molecule is CN=C(N)[NH+]1CCC(CNCCO)C2(C1)C1CCC(C)C23CC(O)(COC2CCC(CCCO)C4NCCCC24)C(C(=O)[O-])=C3C1. The third kappa shape index (κ3) is 5.46. The molecule has 0 aromatic heterocycles. The van der Waals surface area contributed by atoms with Crippen molar-refractivity contribution in [3.63, 3.8) is 0 Å². The average Bonchev–Trinajstić information content (AvgIpc) is 3.40. The number of rotatable bonds is 11. The van der Waals surface area contributed by atoms with Crippen molar-refractivity contribution in [2.75, 3.05) is 59.6 Å². The molecule has 0 aromatic rings. The van der Waals surface area contributed by atoms with Gasteiger partial charge in [-0.25, -0.2) is 4.99 Å². The van der Waals surface area contributed by atoms with Gasteiger partial charge in [-0.05, 0) is 101 Å². The summed E-state index contributed by atoms with van der Waals surface area (Å²) in [5, 5.41) is 52.0. The molecule has 4 aliphatic carbocycles. The summed E-state index contributed by atoms with van der Waals surface area (Å²) >= 11 is 0. The number of ether oxygens (including phenoxy) is 1. The van der Waals surface area contributed by atoms with Crippen LogP contribution in [0, 0.1) is 40.4 Å². The number of nitrogens with zero attached hydrogens (tertiary/aromatic N) is 1. The summed E-state index contributed by atoms with van der Waals surface area (Å²) in [4.78, 5) is 18.7. The van der Waals surface area contributed by atoms with Gasteiger partial charge in [-0.1, -0.05) is 12.5 Å². The molecule has 2 aliphatic heterocycles. The summed E-state index contributed by atoms with van der Waals surface area (Å²) in [6, 6.07) is 0.325. The van der Waals surface area contributed by atoms with Crippen LogP contribution in [0.25, 0.3) is 0 Å². The second kappa shape index (κ2) is 13.7. The van der Waals surface area contributed by atoms with Gasteiger partial charge in [0.15, 0.2) is 0 Å². The Morgan fingerprint density at radius 3 is 2.76 bits per heavy atom. The van der Waals surface area contributed by atoms with E-state index in [2.05, 4.69) is 22.5 Å². The number of guanidine groups is 1. The number of aliphatic imine (C=N–C) groups is 1. The monoisotopic (exact) mass is 645 g/mol. The number of quaternary nitrogens is 1. The highest BCUT2D eigenvalue weighted by atomic mass is 16.5.